The Balaban J connectivity index is 2.95. The van der Waals surface area contributed by atoms with Gasteiger partial charge < -0.3 is 37.6 Å². The highest BCUT2D eigenvalue weighted by atomic mass is 16.4. The highest BCUT2D eigenvalue weighted by Crippen LogP contribution is 2.12. The molecule has 0 aromatic heterocycles. The molecule has 0 saturated heterocycles. The fourth-order valence-electron chi connectivity index (χ4n) is 2.85. The molecule has 0 spiro atoms. The standard InChI is InChI=1S/C21H31N5O7/c1-11(2)18(26-19(31)14(22)7-8-16(23)28)21(33)25-15(20(32)24-10-17(29)30)9-12-3-5-13(27)6-4-12/h3-6,11,14-15,18,27H,7-10,22H2,1-2H3,(H2,23,28)(H,24,32)(H,25,33)(H,26,31)(H,29,30). The van der Waals surface area contributed by atoms with Crippen molar-refractivity contribution in [2.45, 2.75) is 51.2 Å². The van der Waals surface area contributed by atoms with E-state index in [1.165, 1.54) is 12.1 Å². The lowest BCUT2D eigenvalue weighted by Crippen LogP contribution is -2.58. The van der Waals surface area contributed by atoms with E-state index < -0.39 is 54.3 Å². The summed E-state index contributed by atoms with van der Waals surface area (Å²) in [5.74, 6) is -4.29. The molecule has 0 fully saturated rings. The molecule has 0 saturated carbocycles. The number of rotatable bonds is 13. The summed E-state index contributed by atoms with van der Waals surface area (Å²) in [4.78, 5) is 59.5. The van der Waals surface area contributed by atoms with Crippen molar-refractivity contribution in [3.05, 3.63) is 29.8 Å². The number of carbonyl (C=O) groups is 5. The van der Waals surface area contributed by atoms with Gasteiger partial charge in [-0.05, 0) is 30.0 Å². The average Bonchev–Trinajstić information content (AvgIpc) is 2.74. The number of carboxylic acids is 1. The third-order valence-electron chi connectivity index (χ3n) is 4.71. The lowest BCUT2D eigenvalue weighted by atomic mass is 10.00. The molecule has 3 unspecified atom stereocenters. The number of hydrogen-bond donors (Lipinski definition) is 7. The number of carbonyl (C=O) groups excluding carboxylic acids is 4. The third kappa shape index (κ3) is 9.99. The first kappa shape index (κ1) is 27.4. The van der Waals surface area contributed by atoms with E-state index in [1.807, 2.05) is 0 Å². The first-order valence-electron chi connectivity index (χ1n) is 10.3. The van der Waals surface area contributed by atoms with Crippen LogP contribution in [0.2, 0.25) is 0 Å². The zero-order chi connectivity index (χ0) is 25.1. The molecule has 9 N–H and O–H groups in total. The second kappa shape index (κ2) is 13.0. The van der Waals surface area contributed by atoms with Gasteiger partial charge in [0.15, 0.2) is 0 Å². The lowest BCUT2D eigenvalue weighted by molar-refractivity contribution is -0.138. The number of primary amides is 1. The van der Waals surface area contributed by atoms with E-state index in [0.717, 1.165) is 0 Å². The van der Waals surface area contributed by atoms with Crippen molar-refractivity contribution >= 4 is 29.6 Å². The maximum atomic E-state index is 12.9. The van der Waals surface area contributed by atoms with Gasteiger partial charge in [-0.3, -0.25) is 24.0 Å². The summed E-state index contributed by atoms with van der Waals surface area (Å²) in [6, 6.07) is 2.67. The van der Waals surface area contributed by atoms with Crippen molar-refractivity contribution in [1.29, 1.82) is 0 Å². The van der Waals surface area contributed by atoms with Gasteiger partial charge in [-0.1, -0.05) is 26.0 Å². The summed E-state index contributed by atoms with van der Waals surface area (Å²) in [7, 11) is 0. The van der Waals surface area contributed by atoms with E-state index in [4.69, 9.17) is 16.6 Å². The summed E-state index contributed by atoms with van der Waals surface area (Å²) in [5, 5.41) is 25.5. The van der Waals surface area contributed by atoms with Crippen molar-refractivity contribution in [2.24, 2.45) is 17.4 Å². The Kier molecular flexibility index (Phi) is 10.8. The van der Waals surface area contributed by atoms with Crippen molar-refractivity contribution in [3.63, 3.8) is 0 Å². The fourth-order valence-corrected chi connectivity index (χ4v) is 2.85. The highest BCUT2D eigenvalue weighted by molar-refractivity contribution is 5.94. The van der Waals surface area contributed by atoms with Gasteiger partial charge in [0.1, 0.15) is 24.4 Å². The molecule has 0 aliphatic rings. The van der Waals surface area contributed by atoms with Gasteiger partial charge in [-0.2, -0.15) is 0 Å². The van der Waals surface area contributed by atoms with Crippen LogP contribution >= 0.6 is 0 Å². The number of amides is 4. The molecule has 0 bridgehead atoms. The second-order valence-corrected chi connectivity index (χ2v) is 7.89. The average molecular weight is 466 g/mol. The minimum Gasteiger partial charge on any atom is -0.508 e. The van der Waals surface area contributed by atoms with Gasteiger partial charge in [-0.25, -0.2) is 0 Å². The maximum absolute atomic E-state index is 12.9. The third-order valence-corrected chi connectivity index (χ3v) is 4.71. The molecule has 33 heavy (non-hydrogen) atoms. The van der Waals surface area contributed by atoms with Crippen LogP contribution in [-0.4, -0.2) is 64.5 Å². The Morgan fingerprint density at radius 1 is 0.970 bits per heavy atom. The molecule has 1 aromatic rings. The number of aromatic hydroxyl groups is 1. The minimum atomic E-state index is -1.25. The van der Waals surface area contributed by atoms with Crippen LogP contribution in [0.4, 0.5) is 0 Å². The largest absolute Gasteiger partial charge is 0.508 e. The first-order valence-corrected chi connectivity index (χ1v) is 10.3. The number of phenolic OH excluding ortho intramolecular Hbond substituents is 1. The summed E-state index contributed by atoms with van der Waals surface area (Å²) in [6.45, 7) is 2.72. The van der Waals surface area contributed by atoms with Crippen LogP contribution in [0.15, 0.2) is 24.3 Å². The van der Waals surface area contributed by atoms with E-state index in [-0.39, 0.29) is 30.9 Å². The highest BCUT2D eigenvalue weighted by Gasteiger charge is 2.30. The van der Waals surface area contributed by atoms with E-state index >= 15 is 0 Å². The minimum absolute atomic E-state index is 0.00829. The van der Waals surface area contributed by atoms with Crippen LogP contribution in [0, 0.1) is 5.92 Å². The van der Waals surface area contributed by atoms with E-state index in [9.17, 15) is 29.1 Å². The van der Waals surface area contributed by atoms with Gasteiger partial charge in [0.2, 0.25) is 23.6 Å². The molecule has 0 aliphatic carbocycles. The normalized spacial score (nSPS) is 13.5. The van der Waals surface area contributed by atoms with Crippen LogP contribution < -0.4 is 27.4 Å². The van der Waals surface area contributed by atoms with Gasteiger partial charge in [0.25, 0.3) is 0 Å². The van der Waals surface area contributed by atoms with E-state index in [1.54, 1.807) is 26.0 Å². The predicted octanol–water partition coefficient (Wildman–Crippen LogP) is -1.65. The Morgan fingerprint density at radius 3 is 2.09 bits per heavy atom. The molecular weight excluding hydrogens is 434 g/mol. The van der Waals surface area contributed by atoms with Gasteiger partial charge in [0.05, 0.1) is 6.04 Å². The smallest absolute Gasteiger partial charge is 0.322 e. The van der Waals surface area contributed by atoms with Crippen LogP contribution in [0.5, 0.6) is 5.75 Å². The molecule has 12 heteroatoms. The zero-order valence-electron chi connectivity index (χ0n) is 18.5. The molecule has 4 amide bonds. The van der Waals surface area contributed by atoms with Crippen molar-refractivity contribution < 1.29 is 34.2 Å². The summed E-state index contributed by atoms with van der Waals surface area (Å²) in [6.07, 6.45) is -0.0748. The number of carboxylic acid groups (broad SMARTS) is 1. The van der Waals surface area contributed by atoms with Crippen molar-refractivity contribution in [3.8, 4) is 5.75 Å². The number of hydrogen-bond acceptors (Lipinski definition) is 7. The van der Waals surface area contributed by atoms with Gasteiger partial charge in [0, 0.05) is 12.8 Å². The summed E-state index contributed by atoms with van der Waals surface area (Å²) >= 11 is 0. The number of nitrogens with two attached hydrogens (primary N) is 2. The molecular formula is C21H31N5O7. The number of phenols is 1. The SMILES string of the molecule is CC(C)C(NC(=O)C(N)CCC(N)=O)C(=O)NC(Cc1ccc(O)cc1)C(=O)NCC(=O)O. The molecule has 1 aromatic carbocycles. The van der Waals surface area contributed by atoms with E-state index in [0.29, 0.717) is 5.56 Å². The van der Waals surface area contributed by atoms with Crippen LogP contribution in [0.25, 0.3) is 0 Å². The second-order valence-electron chi connectivity index (χ2n) is 7.89. The quantitative estimate of drug-likeness (QED) is 0.179. The summed E-state index contributed by atoms with van der Waals surface area (Å²) in [5.41, 5.74) is 11.4. The van der Waals surface area contributed by atoms with Crippen LogP contribution in [-0.2, 0) is 30.4 Å². The van der Waals surface area contributed by atoms with Crippen molar-refractivity contribution in [1.82, 2.24) is 16.0 Å². The van der Waals surface area contributed by atoms with Gasteiger partial charge in [-0.15, -0.1) is 0 Å². The molecule has 0 aliphatic heterocycles. The monoisotopic (exact) mass is 465 g/mol. The first-order chi connectivity index (χ1) is 15.4. The zero-order valence-corrected chi connectivity index (χ0v) is 18.5. The van der Waals surface area contributed by atoms with E-state index in [2.05, 4.69) is 16.0 Å². The number of aliphatic carboxylic acids is 1. The summed E-state index contributed by atoms with van der Waals surface area (Å²) < 4.78 is 0. The number of nitrogens with one attached hydrogen (secondary N) is 3. The molecule has 0 heterocycles. The van der Waals surface area contributed by atoms with Crippen molar-refractivity contribution in [2.75, 3.05) is 6.54 Å². The molecule has 3 atom stereocenters. The van der Waals surface area contributed by atoms with Crippen LogP contribution in [0.3, 0.4) is 0 Å². The molecule has 182 valence electrons. The lowest BCUT2D eigenvalue weighted by Gasteiger charge is -2.26. The molecule has 1 rings (SSSR count). The Hall–Kier alpha value is -3.67. The Bertz CT molecular complexity index is 857. The Morgan fingerprint density at radius 2 is 1.58 bits per heavy atom. The topological polar surface area (TPSA) is 214 Å². The molecule has 0 radical (unpaired) electrons. The van der Waals surface area contributed by atoms with Crippen LogP contribution in [0.1, 0.15) is 32.3 Å². The Labute approximate surface area is 191 Å². The fraction of sp³-hybridized carbons (Fsp3) is 0.476. The molecule has 12 nitrogen and oxygen atoms in total. The van der Waals surface area contributed by atoms with Gasteiger partial charge >= 0.3 is 5.97 Å². The maximum Gasteiger partial charge on any atom is 0.322 e. The number of benzene rings is 1. The predicted molar refractivity (Wildman–Crippen MR) is 118 cm³/mol.